The van der Waals surface area contributed by atoms with Crippen molar-refractivity contribution in [2.24, 2.45) is 0 Å². The third kappa shape index (κ3) is 3.31. The van der Waals surface area contributed by atoms with Crippen LogP contribution in [0.4, 0.5) is 0 Å². The highest BCUT2D eigenvalue weighted by atomic mass is 32.2. The third-order valence-electron chi connectivity index (χ3n) is 2.97. The van der Waals surface area contributed by atoms with Crippen molar-refractivity contribution in [1.29, 1.82) is 0 Å². The summed E-state index contributed by atoms with van der Waals surface area (Å²) in [6.45, 7) is 1.94. The molecule has 0 radical (unpaired) electrons. The van der Waals surface area contributed by atoms with Crippen molar-refractivity contribution in [2.45, 2.75) is 13.5 Å². The fourth-order valence-corrected chi connectivity index (χ4v) is 3.03. The number of carbonyl (C=O) groups is 1. The number of aromatic carboxylic acids is 1. The lowest BCUT2D eigenvalue weighted by atomic mass is 10.2. The zero-order valence-corrected chi connectivity index (χ0v) is 12.1. The summed E-state index contributed by atoms with van der Waals surface area (Å²) in [6.07, 6.45) is 0. The summed E-state index contributed by atoms with van der Waals surface area (Å²) in [7, 11) is -3.43. The summed E-state index contributed by atoms with van der Waals surface area (Å²) in [5.74, 6) is -1.32. The van der Waals surface area contributed by atoms with Crippen LogP contribution < -0.4 is 10.4 Å². The Morgan fingerprint density at radius 3 is 2.76 bits per heavy atom. The summed E-state index contributed by atoms with van der Waals surface area (Å²) >= 11 is 0. The molecule has 0 saturated carbocycles. The highest BCUT2D eigenvalue weighted by molar-refractivity contribution is 7.89. The Kier molecular flexibility index (Phi) is 4.14. The molecule has 1 heterocycles. The first kappa shape index (κ1) is 15.3. The number of sulfonamides is 1. The smallest absolute Gasteiger partial charge is 0.335 e. The number of rotatable bonds is 6. The molecular formula is C12H15N3O5S. The number of benzene rings is 1. The summed E-state index contributed by atoms with van der Waals surface area (Å²) in [4.78, 5) is 25.2. The van der Waals surface area contributed by atoms with E-state index in [1.165, 1.54) is 22.8 Å². The van der Waals surface area contributed by atoms with Gasteiger partial charge in [0.1, 0.15) is 0 Å². The van der Waals surface area contributed by atoms with Gasteiger partial charge >= 0.3 is 11.7 Å². The molecule has 0 aliphatic heterocycles. The van der Waals surface area contributed by atoms with E-state index in [0.717, 1.165) is 0 Å². The second-order valence-corrected chi connectivity index (χ2v) is 6.36. The number of carboxylic acids is 1. The zero-order valence-electron chi connectivity index (χ0n) is 11.3. The second kappa shape index (κ2) is 5.70. The Bertz CT molecular complexity index is 834. The molecule has 1 aromatic heterocycles. The van der Waals surface area contributed by atoms with Gasteiger partial charge < -0.3 is 10.1 Å². The first-order valence-corrected chi connectivity index (χ1v) is 7.92. The van der Waals surface area contributed by atoms with E-state index < -0.39 is 21.7 Å². The fraction of sp³-hybridized carbons (Fsp3) is 0.333. The van der Waals surface area contributed by atoms with E-state index in [0.29, 0.717) is 11.0 Å². The van der Waals surface area contributed by atoms with Crippen molar-refractivity contribution >= 4 is 27.0 Å². The van der Waals surface area contributed by atoms with Crippen molar-refractivity contribution in [3.63, 3.8) is 0 Å². The van der Waals surface area contributed by atoms with Crippen molar-refractivity contribution in [2.75, 3.05) is 12.3 Å². The Balaban J connectivity index is 2.35. The van der Waals surface area contributed by atoms with Crippen LogP contribution in [-0.2, 0) is 16.6 Å². The molecule has 8 nitrogen and oxygen atoms in total. The molecule has 0 fully saturated rings. The number of aromatic nitrogens is 2. The summed E-state index contributed by atoms with van der Waals surface area (Å²) < 4.78 is 26.8. The minimum Gasteiger partial charge on any atom is -0.478 e. The number of aromatic amines is 1. The molecule has 0 aliphatic rings. The Morgan fingerprint density at radius 2 is 2.14 bits per heavy atom. The molecular weight excluding hydrogens is 298 g/mol. The van der Waals surface area contributed by atoms with Gasteiger partial charge in [0.05, 0.1) is 22.3 Å². The van der Waals surface area contributed by atoms with Crippen LogP contribution in [0.25, 0.3) is 11.0 Å². The predicted octanol–water partition coefficient (Wildman–Crippen LogP) is -0.0329. The van der Waals surface area contributed by atoms with Gasteiger partial charge in [0.15, 0.2) is 0 Å². The predicted molar refractivity (Wildman–Crippen MR) is 77.0 cm³/mol. The largest absolute Gasteiger partial charge is 0.478 e. The monoisotopic (exact) mass is 313 g/mol. The molecule has 3 N–H and O–H groups in total. The van der Waals surface area contributed by atoms with Crippen molar-refractivity contribution in [3.8, 4) is 0 Å². The van der Waals surface area contributed by atoms with Crippen molar-refractivity contribution in [1.82, 2.24) is 14.3 Å². The number of nitrogens with one attached hydrogen (secondary N) is 2. The van der Waals surface area contributed by atoms with Gasteiger partial charge in [0.2, 0.25) is 10.0 Å². The van der Waals surface area contributed by atoms with Gasteiger partial charge in [-0.3, -0.25) is 4.57 Å². The lowest BCUT2D eigenvalue weighted by molar-refractivity contribution is 0.0697. The molecule has 0 unspecified atom stereocenters. The summed E-state index contributed by atoms with van der Waals surface area (Å²) in [5.41, 5.74) is 0.410. The topological polar surface area (TPSA) is 121 Å². The summed E-state index contributed by atoms with van der Waals surface area (Å²) in [6, 6.07) is 4.19. The van der Waals surface area contributed by atoms with Crippen LogP contribution in [0.3, 0.4) is 0 Å². The highest BCUT2D eigenvalue weighted by Gasteiger charge is 2.13. The number of imidazole rings is 1. The van der Waals surface area contributed by atoms with Crippen LogP contribution in [-0.4, -0.2) is 41.3 Å². The number of carboxylic acid groups (broad SMARTS) is 1. The lowest BCUT2D eigenvalue weighted by Gasteiger charge is -2.05. The standard InChI is InChI=1S/C12H15N3O5S/c1-2-13-21(19,20)6-5-15-10-4-3-8(11(16)17)7-9(10)14-12(15)18/h3-4,7,13H,2,5-6H2,1H3,(H,14,18)(H,16,17). The Hall–Kier alpha value is -2.13. The van der Waals surface area contributed by atoms with E-state index >= 15 is 0 Å². The fourth-order valence-electron chi connectivity index (χ4n) is 2.02. The number of hydrogen-bond acceptors (Lipinski definition) is 4. The normalized spacial score (nSPS) is 11.9. The Labute approximate surface area is 120 Å². The van der Waals surface area contributed by atoms with Gasteiger partial charge in [-0.2, -0.15) is 0 Å². The van der Waals surface area contributed by atoms with Crippen molar-refractivity contribution in [3.05, 3.63) is 34.2 Å². The van der Waals surface area contributed by atoms with Gasteiger partial charge in [0.25, 0.3) is 0 Å². The van der Waals surface area contributed by atoms with Crippen LogP contribution in [0.15, 0.2) is 23.0 Å². The van der Waals surface area contributed by atoms with Gasteiger partial charge in [-0.05, 0) is 18.2 Å². The van der Waals surface area contributed by atoms with Crippen LogP contribution in [0, 0.1) is 0 Å². The molecule has 1 aromatic carbocycles. The maximum absolute atomic E-state index is 11.8. The van der Waals surface area contributed by atoms with Gasteiger partial charge in [-0.25, -0.2) is 22.7 Å². The quantitative estimate of drug-likeness (QED) is 0.691. The van der Waals surface area contributed by atoms with E-state index in [1.807, 2.05) is 0 Å². The van der Waals surface area contributed by atoms with Crippen LogP contribution in [0.2, 0.25) is 0 Å². The van der Waals surface area contributed by atoms with Crippen LogP contribution in [0.1, 0.15) is 17.3 Å². The second-order valence-electron chi connectivity index (χ2n) is 4.44. The molecule has 0 spiro atoms. The molecule has 2 aromatic rings. The van der Waals surface area contributed by atoms with Crippen LogP contribution >= 0.6 is 0 Å². The van der Waals surface area contributed by atoms with E-state index in [4.69, 9.17) is 5.11 Å². The molecule has 2 rings (SSSR count). The average Bonchev–Trinajstić information content (AvgIpc) is 2.70. The van der Waals surface area contributed by atoms with Crippen LogP contribution in [0.5, 0.6) is 0 Å². The number of fused-ring (bicyclic) bond motifs is 1. The SMILES string of the molecule is CCNS(=O)(=O)CCn1c(=O)[nH]c2cc(C(=O)O)ccc21. The minimum atomic E-state index is -3.43. The number of H-pyrrole nitrogens is 1. The number of nitrogens with zero attached hydrogens (tertiary/aromatic N) is 1. The molecule has 0 aliphatic carbocycles. The minimum absolute atomic E-state index is 0.0133. The molecule has 114 valence electrons. The molecule has 21 heavy (non-hydrogen) atoms. The molecule has 0 amide bonds. The molecule has 0 saturated heterocycles. The molecule has 9 heteroatoms. The van der Waals surface area contributed by atoms with Gasteiger partial charge in [-0.1, -0.05) is 6.92 Å². The maximum atomic E-state index is 11.8. The Morgan fingerprint density at radius 1 is 1.43 bits per heavy atom. The number of aryl methyl sites for hydroxylation is 1. The van der Waals surface area contributed by atoms with Gasteiger partial charge in [-0.15, -0.1) is 0 Å². The summed E-state index contributed by atoms with van der Waals surface area (Å²) in [5, 5.41) is 8.90. The average molecular weight is 313 g/mol. The van der Waals surface area contributed by atoms with Crippen molar-refractivity contribution < 1.29 is 18.3 Å². The maximum Gasteiger partial charge on any atom is 0.335 e. The molecule has 0 atom stereocenters. The number of hydrogen-bond donors (Lipinski definition) is 3. The third-order valence-corrected chi connectivity index (χ3v) is 4.42. The first-order chi connectivity index (χ1) is 9.84. The van der Waals surface area contributed by atoms with Gasteiger partial charge in [0, 0.05) is 13.1 Å². The molecule has 0 bridgehead atoms. The zero-order chi connectivity index (χ0) is 15.6. The lowest BCUT2D eigenvalue weighted by Crippen LogP contribution is -2.30. The van der Waals surface area contributed by atoms with E-state index in [1.54, 1.807) is 6.92 Å². The van der Waals surface area contributed by atoms with E-state index in [9.17, 15) is 18.0 Å². The van der Waals surface area contributed by atoms with E-state index in [2.05, 4.69) is 9.71 Å². The first-order valence-electron chi connectivity index (χ1n) is 6.27. The highest BCUT2D eigenvalue weighted by Crippen LogP contribution is 2.13. The van der Waals surface area contributed by atoms with E-state index in [-0.39, 0.29) is 24.4 Å².